The standard InChI is InChI=1S/C30H24N4O3S3/c1-19(27(35)34-30-33-24-12-5-6-13-26(24)40-30)39-23-11-7-10-22(17-23)31-29(37)25(16-20-14-15-38-18-20)32-28(36)21-8-3-2-4-9-21/h2-19H,1H3,(H,31,37)(H,32,36)(H,33,34,35)/b25-16-. The van der Waals surface area contributed by atoms with Gasteiger partial charge < -0.3 is 16.0 Å². The first-order valence-corrected chi connectivity index (χ1v) is 14.9. The number of rotatable bonds is 9. The Hall–Kier alpha value is -4.25. The van der Waals surface area contributed by atoms with Gasteiger partial charge in [-0.25, -0.2) is 4.98 Å². The second-order valence-electron chi connectivity index (χ2n) is 8.65. The number of fused-ring (bicyclic) bond motifs is 1. The summed E-state index contributed by atoms with van der Waals surface area (Å²) in [7, 11) is 0. The van der Waals surface area contributed by atoms with Gasteiger partial charge in [-0.15, -0.1) is 11.8 Å². The number of carbonyl (C=O) groups is 3. The van der Waals surface area contributed by atoms with Gasteiger partial charge in [0.2, 0.25) is 5.91 Å². The molecule has 3 aromatic carbocycles. The molecule has 0 bridgehead atoms. The lowest BCUT2D eigenvalue weighted by Gasteiger charge is -2.13. The van der Waals surface area contributed by atoms with Crippen molar-refractivity contribution in [3.05, 3.63) is 113 Å². The van der Waals surface area contributed by atoms with Crippen molar-refractivity contribution >= 4 is 79.3 Å². The minimum Gasteiger partial charge on any atom is -0.321 e. The molecule has 0 aliphatic heterocycles. The number of hydrogen-bond donors (Lipinski definition) is 3. The van der Waals surface area contributed by atoms with Crippen molar-refractivity contribution in [1.82, 2.24) is 10.3 Å². The zero-order chi connectivity index (χ0) is 27.9. The van der Waals surface area contributed by atoms with Crippen molar-refractivity contribution in [2.24, 2.45) is 0 Å². The summed E-state index contributed by atoms with van der Waals surface area (Å²) in [5, 5.41) is 12.4. The molecular formula is C30H24N4O3S3. The van der Waals surface area contributed by atoms with E-state index in [1.807, 2.05) is 60.1 Å². The highest BCUT2D eigenvalue weighted by molar-refractivity contribution is 8.00. The summed E-state index contributed by atoms with van der Waals surface area (Å²) >= 11 is 4.30. The molecular weight excluding hydrogens is 561 g/mol. The van der Waals surface area contributed by atoms with Crippen molar-refractivity contribution in [3.8, 4) is 0 Å². The predicted molar refractivity (Wildman–Crippen MR) is 165 cm³/mol. The highest BCUT2D eigenvalue weighted by Gasteiger charge is 2.18. The van der Waals surface area contributed by atoms with Gasteiger partial charge >= 0.3 is 0 Å². The molecule has 10 heteroatoms. The average molecular weight is 585 g/mol. The largest absolute Gasteiger partial charge is 0.321 e. The molecule has 0 saturated heterocycles. The molecule has 0 saturated carbocycles. The van der Waals surface area contributed by atoms with Gasteiger partial charge in [-0.05, 0) is 77.9 Å². The lowest BCUT2D eigenvalue weighted by molar-refractivity contribution is -0.115. The van der Waals surface area contributed by atoms with Gasteiger partial charge in [-0.1, -0.05) is 47.7 Å². The Morgan fingerprint density at radius 3 is 2.50 bits per heavy atom. The summed E-state index contributed by atoms with van der Waals surface area (Å²) in [5.41, 5.74) is 2.76. The van der Waals surface area contributed by atoms with E-state index >= 15 is 0 Å². The number of thioether (sulfide) groups is 1. The van der Waals surface area contributed by atoms with E-state index in [0.29, 0.717) is 16.4 Å². The Balaban J connectivity index is 1.25. The number of benzene rings is 3. The maximum atomic E-state index is 13.3. The average Bonchev–Trinajstić information content (AvgIpc) is 3.62. The number of nitrogens with zero attached hydrogens (tertiary/aromatic N) is 1. The van der Waals surface area contributed by atoms with Crippen LogP contribution in [-0.4, -0.2) is 28.0 Å². The van der Waals surface area contributed by atoms with Crippen molar-refractivity contribution in [2.75, 3.05) is 10.6 Å². The fraction of sp³-hybridized carbons (Fsp3) is 0.0667. The van der Waals surface area contributed by atoms with E-state index in [4.69, 9.17) is 0 Å². The first-order chi connectivity index (χ1) is 19.4. The summed E-state index contributed by atoms with van der Waals surface area (Å²) in [6.45, 7) is 1.82. The van der Waals surface area contributed by atoms with Gasteiger partial charge in [-0.2, -0.15) is 11.3 Å². The van der Waals surface area contributed by atoms with Crippen molar-refractivity contribution in [1.29, 1.82) is 0 Å². The summed E-state index contributed by atoms with van der Waals surface area (Å²) in [4.78, 5) is 44.2. The molecule has 0 spiro atoms. The van der Waals surface area contributed by atoms with E-state index in [1.54, 1.807) is 48.5 Å². The van der Waals surface area contributed by atoms with Crippen LogP contribution in [0.4, 0.5) is 10.8 Å². The minimum absolute atomic E-state index is 0.119. The number of hydrogen-bond acceptors (Lipinski definition) is 7. The van der Waals surface area contributed by atoms with E-state index in [9.17, 15) is 14.4 Å². The van der Waals surface area contributed by atoms with E-state index in [-0.39, 0.29) is 17.5 Å². The smallest absolute Gasteiger partial charge is 0.272 e. The second-order valence-corrected chi connectivity index (χ2v) is 11.9. The van der Waals surface area contributed by atoms with Gasteiger partial charge in [0.15, 0.2) is 5.13 Å². The monoisotopic (exact) mass is 584 g/mol. The molecule has 2 heterocycles. The van der Waals surface area contributed by atoms with Gasteiger partial charge in [0.05, 0.1) is 15.5 Å². The predicted octanol–water partition coefficient (Wildman–Crippen LogP) is 6.89. The molecule has 7 nitrogen and oxygen atoms in total. The van der Waals surface area contributed by atoms with Gasteiger partial charge in [0.1, 0.15) is 5.70 Å². The number of nitrogens with one attached hydrogen (secondary N) is 3. The minimum atomic E-state index is -0.459. The van der Waals surface area contributed by atoms with Crippen LogP contribution in [-0.2, 0) is 9.59 Å². The lowest BCUT2D eigenvalue weighted by atomic mass is 10.2. The number of aromatic nitrogens is 1. The fourth-order valence-electron chi connectivity index (χ4n) is 3.70. The van der Waals surface area contributed by atoms with Crippen LogP contribution in [0.3, 0.4) is 0 Å². The Bertz CT molecular complexity index is 1650. The maximum Gasteiger partial charge on any atom is 0.272 e. The molecule has 5 rings (SSSR count). The lowest BCUT2D eigenvalue weighted by Crippen LogP contribution is -2.30. The molecule has 0 aliphatic rings. The van der Waals surface area contributed by atoms with Crippen LogP contribution < -0.4 is 16.0 Å². The number of amides is 3. The Morgan fingerprint density at radius 2 is 1.73 bits per heavy atom. The number of thiophene rings is 1. The zero-order valence-electron chi connectivity index (χ0n) is 21.3. The summed E-state index contributed by atoms with van der Waals surface area (Å²) < 4.78 is 1.01. The molecule has 0 aliphatic carbocycles. The molecule has 0 radical (unpaired) electrons. The van der Waals surface area contributed by atoms with Crippen molar-refractivity contribution in [3.63, 3.8) is 0 Å². The molecule has 5 aromatic rings. The highest BCUT2D eigenvalue weighted by atomic mass is 32.2. The maximum absolute atomic E-state index is 13.3. The van der Waals surface area contributed by atoms with E-state index in [1.165, 1.54) is 34.4 Å². The highest BCUT2D eigenvalue weighted by Crippen LogP contribution is 2.29. The molecule has 1 atom stereocenters. The SMILES string of the molecule is CC(Sc1cccc(NC(=O)/C(=C/c2ccsc2)NC(=O)c2ccccc2)c1)C(=O)Nc1nc2ccccc2s1. The van der Waals surface area contributed by atoms with Crippen molar-refractivity contribution in [2.45, 2.75) is 17.1 Å². The quantitative estimate of drug-likeness (QED) is 0.129. The van der Waals surface area contributed by atoms with E-state index in [2.05, 4.69) is 20.9 Å². The Labute approximate surface area is 243 Å². The second kappa shape index (κ2) is 12.7. The molecule has 0 fully saturated rings. The summed E-state index contributed by atoms with van der Waals surface area (Å²) in [6, 6.07) is 25.6. The van der Waals surface area contributed by atoms with Gasteiger partial charge in [0.25, 0.3) is 11.8 Å². The molecule has 3 N–H and O–H groups in total. The first kappa shape index (κ1) is 27.3. The normalized spacial score (nSPS) is 12.1. The van der Waals surface area contributed by atoms with Crippen LogP contribution in [0.5, 0.6) is 0 Å². The summed E-state index contributed by atoms with van der Waals surface area (Å²) in [5.74, 6) is -1.00. The number of para-hydroxylation sites is 1. The van der Waals surface area contributed by atoms with Crippen LogP contribution in [0.2, 0.25) is 0 Å². The number of thiazole rings is 1. The third-order valence-electron chi connectivity index (χ3n) is 5.68. The molecule has 200 valence electrons. The van der Waals surface area contributed by atoms with E-state index < -0.39 is 11.2 Å². The Kier molecular flexibility index (Phi) is 8.70. The Morgan fingerprint density at radius 1 is 0.925 bits per heavy atom. The third-order valence-corrected chi connectivity index (χ3v) is 8.43. The summed E-state index contributed by atoms with van der Waals surface area (Å²) in [6.07, 6.45) is 1.64. The van der Waals surface area contributed by atoms with Gasteiger partial charge in [0, 0.05) is 16.1 Å². The fourth-order valence-corrected chi connectivity index (χ4v) is 6.12. The van der Waals surface area contributed by atoms with Gasteiger partial charge in [-0.3, -0.25) is 14.4 Å². The number of anilines is 2. The van der Waals surface area contributed by atoms with Crippen molar-refractivity contribution < 1.29 is 14.4 Å². The van der Waals surface area contributed by atoms with Crippen LogP contribution in [0.1, 0.15) is 22.8 Å². The first-order valence-electron chi connectivity index (χ1n) is 12.3. The van der Waals surface area contributed by atoms with Crippen LogP contribution >= 0.6 is 34.4 Å². The zero-order valence-corrected chi connectivity index (χ0v) is 23.7. The van der Waals surface area contributed by atoms with Crippen LogP contribution in [0.25, 0.3) is 16.3 Å². The van der Waals surface area contributed by atoms with E-state index in [0.717, 1.165) is 20.7 Å². The molecule has 40 heavy (non-hydrogen) atoms. The molecule has 1 unspecified atom stereocenters. The van der Waals surface area contributed by atoms with Crippen LogP contribution in [0, 0.1) is 0 Å². The third kappa shape index (κ3) is 7.03. The molecule has 3 amide bonds. The molecule has 2 aromatic heterocycles. The topological polar surface area (TPSA) is 100 Å². The number of carbonyl (C=O) groups excluding carboxylic acids is 3. The van der Waals surface area contributed by atoms with Crippen LogP contribution in [0.15, 0.2) is 106 Å².